The zero-order chi connectivity index (χ0) is 65.2. The van der Waals surface area contributed by atoms with Crippen LogP contribution in [0.2, 0.25) is 0 Å². The zero-order valence-corrected chi connectivity index (χ0v) is 53.8. The minimum atomic E-state index is 0.759. The zero-order valence-electron chi connectivity index (χ0n) is 53.8. The first-order valence-electron chi connectivity index (χ1n) is 29.6. The minimum absolute atomic E-state index is 0.759. The number of hydrogen-bond donors (Lipinski definition) is 0. The molecule has 19 nitrogen and oxygen atoms in total. The molecule has 14 aromatic rings. The number of rotatable bonds is 0. The second-order valence-corrected chi connectivity index (χ2v) is 17.1. The first-order valence-corrected chi connectivity index (χ1v) is 29.6. The molecule has 0 amide bonds. The predicted molar refractivity (Wildman–Crippen MR) is 363 cm³/mol. The van der Waals surface area contributed by atoms with Gasteiger partial charge in [-0.15, -0.1) is 0 Å². The van der Waals surface area contributed by atoms with E-state index in [0.29, 0.717) is 0 Å². The smallest absolute Gasteiger partial charge is 0.128 e. The van der Waals surface area contributed by atoms with Crippen LogP contribution < -0.4 is 0 Å². The summed E-state index contributed by atoms with van der Waals surface area (Å²) in [5.74, 6) is 1.58. The van der Waals surface area contributed by atoms with Gasteiger partial charge in [0.05, 0.1) is 50.2 Å². The molecule has 1 aliphatic rings. The maximum atomic E-state index is 4.35. The van der Waals surface area contributed by atoms with Gasteiger partial charge in [-0.25, -0.2) is 59.8 Å². The molecule has 0 saturated heterocycles. The molecule has 90 heavy (non-hydrogen) atoms. The average molecular weight is 1200 g/mol. The van der Waals surface area contributed by atoms with Crippen LogP contribution in [-0.4, -0.2) is 94.9 Å². The molecule has 0 radical (unpaired) electrons. The first-order chi connectivity index (χ1) is 44.3. The molecule has 0 N–H and O–H groups in total. The molecule has 0 fully saturated rings. The fourth-order valence-corrected chi connectivity index (χ4v) is 7.16. The highest BCUT2D eigenvalue weighted by Crippen LogP contribution is 2.35. The fraction of sp³-hybridized carbons (Fsp3) is 0.197. The van der Waals surface area contributed by atoms with Crippen LogP contribution in [0.3, 0.4) is 0 Å². The Bertz CT molecular complexity index is 3660. The number of aryl methyl sites for hydroxylation is 5. The van der Waals surface area contributed by atoms with Crippen LogP contribution in [0.25, 0.3) is 55.1 Å². The van der Waals surface area contributed by atoms with Gasteiger partial charge in [0.1, 0.15) is 43.3 Å². The average Bonchev–Trinajstić information content (AvgIpc) is 1.89. The van der Waals surface area contributed by atoms with Crippen LogP contribution in [0.4, 0.5) is 0 Å². The standard InChI is InChI=1S/C12H10N2.2C9H8N2.2C8H6N2.C5H6N2.C4H5N3.2C4H4N2.4C2H6/c1-8-11-6-9-4-2-3-5-10(9)12(11)14-7-13-8;1-7-10-6-8-4-2-3-5-9(8)11-7;1-7-6-10-8-4-2-3-5-9(8)11-7;1-2-4-8-7(3-1)5-9-6-10-8;1-2-4-8-7(3-1)9-5-6-10-8;1-5-4-6-2-3-7-5;1-4-6-2-5-3-7-4;1-2-5-4-6-3-1;1-2-4-6-5-3-1;4*1-2/h2-5,7H,6H2,1H3;2*2-6H,1H3;2*1-6H;2-4H,1H3;2-3H,1H3;2*1-4H;4*1-2H3. The molecule has 5 aromatic carbocycles. The molecular formula is C71H81N19. The number of hydrogen-bond acceptors (Lipinski definition) is 19. The van der Waals surface area contributed by atoms with Crippen molar-refractivity contribution in [1.82, 2.24) is 94.9 Å². The Balaban J connectivity index is 0.000000264. The lowest BCUT2D eigenvalue weighted by molar-refractivity contribution is 0.974. The summed E-state index contributed by atoms with van der Waals surface area (Å²) in [4.78, 5) is 67.9. The number of fused-ring (bicyclic) bond motifs is 7. The molecule has 15 rings (SSSR count). The van der Waals surface area contributed by atoms with E-state index >= 15 is 0 Å². The lowest BCUT2D eigenvalue weighted by atomic mass is 10.1. The maximum Gasteiger partial charge on any atom is 0.128 e. The Morgan fingerprint density at radius 2 is 0.822 bits per heavy atom. The van der Waals surface area contributed by atoms with Crippen molar-refractivity contribution in [2.45, 2.75) is 96.4 Å². The van der Waals surface area contributed by atoms with E-state index in [1.807, 2.05) is 212 Å². The summed E-state index contributed by atoms with van der Waals surface area (Å²) < 4.78 is 0. The topological polar surface area (TPSA) is 245 Å². The maximum absolute atomic E-state index is 4.35. The summed E-state index contributed by atoms with van der Waals surface area (Å²) >= 11 is 0. The van der Waals surface area contributed by atoms with Gasteiger partial charge in [-0.2, -0.15) is 10.2 Å². The largest absolute Gasteiger partial charge is 0.261 e. The van der Waals surface area contributed by atoms with Gasteiger partial charge < -0.3 is 0 Å². The van der Waals surface area contributed by atoms with E-state index in [1.54, 1.807) is 80.7 Å². The van der Waals surface area contributed by atoms with Crippen molar-refractivity contribution in [3.63, 3.8) is 0 Å². The quantitative estimate of drug-likeness (QED) is 0.137. The highest BCUT2D eigenvalue weighted by Gasteiger charge is 2.20. The Labute approximate surface area is 529 Å². The molecule has 0 atom stereocenters. The van der Waals surface area contributed by atoms with Gasteiger partial charge in [-0.3, -0.25) is 24.9 Å². The van der Waals surface area contributed by atoms with Crippen LogP contribution in [0, 0.1) is 34.6 Å². The normalized spacial score (nSPS) is 9.34. The van der Waals surface area contributed by atoms with Gasteiger partial charge >= 0.3 is 0 Å². The molecule has 0 aliphatic heterocycles. The van der Waals surface area contributed by atoms with Gasteiger partial charge in [0, 0.05) is 108 Å². The van der Waals surface area contributed by atoms with E-state index in [0.717, 1.165) is 84.7 Å². The van der Waals surface area contributed by atoms with E-state index in [-0.39, 0.29) is 0 Å². The second kappa shape index (κ2) is 46.1. The highest BCUT2D eigenvalue weighted by molar-refractivity contribution is 5.78. The Morgan fingerprint density at radius 1 is 0.289 bits per heavy atom. The van der Waals surface area contributed by atoms with E-state index in [1.165, 1.54) is 35.7 Å². The van der Waals surface area contributed by atoms with Gasteiger partial charge in [0.2, 0.25) is 0 Å². The van der Waals surface area contributed by atoms with Crippen LogP contribution in [0.5, 0.6) is 0 Å². The highest BCUT2D eigenvalue weighted by atomic mass is 15.1. The second-order valence-electron chi connectivity index (χ2n) is 17.1. The van der Waals surface area contributed by atoms with Crippen LogP contribution in [0.1, 0.15) is 95.2 Å². The molecule has 0 saturated carbocycles. The summed E-state index contributed by atoms with van der Waals surface area (Å²) in [7, 11) is 0. The van der Waals surface area contributed by atoms with Crippen LogP contribution in [0.15, 0.2) is 246 Å². The van der Waals surface area contributed by atoms with Crippen molar-refractivity contribution < 1.29 is 0 Å². The van der Waals surface area contributed by atoms with Crippen molar-refractivity contribution in [3.05, 3.63) is 285 Å². The third kappa shape index (κ3) is 27.9. The number of benzene rings is 5. The summed E-state index contributed by atoms with van der Waals surface area (Å²) in [5, 5.41) is 9.25. The summed E-state index contributed by atoms with van der Waals surface area (Å²) in [6.45, 7) is 25.6. The van der Waals surface area contributed by atoms with Crippen molar-refractivity contribution >= 4 is 43.9 Å². The SMILES string of the molecule is CC.CC.CC.CC.Cc1cnc2ccccc2n1.Cc1cnccn1.Cc1ncc2ccccc2n1.Cc1ncnc2c1Cc1ccccc1-2.Cc1ncncn1.c1ccc2nccnc2c1.c1ccc2ncncc2c1.c1ccnnc1.c1cncnc1. The van der Waals surface area contributed by atoms with Gasteiger partial charge in [-0.1, -0.05) is 140 Å². The molecule has 9 heterocycles. The Kier molecular flexibility index (Phi) is 37.4. The van der Waals surface area contributed by atoms with Crippen LogP contribution in [-0.2, 0) is 6.42 Å². The molecule has 0 spiro atoms. The lowest BCUT2D eigenvalue weighted by Crippen LogP contribution is -1.92. The molecular weight excluding hydrogens is 1120 g/mol. The van der Waals surface area contributed by atoms with E-state index in [2.05, 4.69) is 119 Å². The van der Waals surface area contributed by atoms with Crippen molar-refractivity contribution in [2.75, 3.05) is 0 Å². The van der Waals surface area contributed by atoms with Crippen LogP contribution >= 0.6 is 0 Å². The van der Waals surface area contributed by atoms with Crippen molar-refractivity contribution in [3.8, 4) is 11.3 Å². The minimum Gasteiger partial charge on any atom is -0.261 e. The molecule has 1 aliphatic carbocycles. The molecule has 460 valence electrons. The number of nitrogens with zero attached hydrogens (tertiary/aromatic N) is 19. The van der Waals surface area contributed by atoms with Gasteiger partial charge in [0.25, 0.3) is 0 Å². The van der Waals surface area contributed by atoms with Gasteiger partial charge in [-0.05, 0) is 94.8 Å². The number of aromatic nitrogens is 19. The Morgan fingerprint density at radius 3 is 1.33 bits per heavy atom. The molecule has 19 heteroatoms. The summed E-state index contributed by atoms with van der Waals surface area (Å²) in [6.07, 6.45) is 29.2. The van der Waals surface area contributed by atoms with E-state index in [9.17, 15) is 0 Å². The molecule has 0 unspecified atom stereocenters. The predicted octanol–water partition coefficient (Wildman–Crippen LogP) is 15.5. The summed E-state index contributed by atoms with van der Waals surface area (Å²) in [5.41, 5.74) is 13.9. The number of para-hydroxylation sites is 6. The first kappa shape index (κ1) is 73.0. The monoisotopic (exact) mass is 1200 g/mol. The third-order valence-corrected chi connectivity index (χ3v) is 11.0. The lowest BCUT2D eigenvalue weighted by Gasteiger charge is -2.00. The molecule has 9 aromatic heterocycles. The molecule has 0 bridgehead atoms. The summed E-state index contributed by atoms with van der Waals surface area (Å²) in [6, 6.07) is 45.4. The Hall–Kier alpha value is -11.2. The van der Waals surface area contributed by atoms with E-state index in [4.69, 9.17) is 0 Å². The fourth-order valence-electron chi connectivity index (χ4n) is 7.16. The van der Waals surface area contributed by atoms with Gasteiger partial charge in [0.15, 0.2) is 0 Å². The van der Waals surface area contributed by atoms with Crippen molar-refractivity contribution in [2.24, 2.45) is 0 Å². The van der Waals surface area contributed by atoms with Crippen molar-refractivity contribution in [1.29, 1.82) is 0 Å². The third-order valence-electron chi connectivity index (χ3n) is 11.0. The van der Waals surface area contributed by atoms with E-state index < -0.39 is 0 Å².